The van der Waals surface area contributed by atoms with Crippen LogP contribution in [0.5, 0.6) is 0 Å². The Balaban J connectivity index is 1.55. The van der Waals surface area contributed by atoms with Crippen LogP contribution >= 0.6 is 22.9 Å². The number of hydrogen-bond acceptors (Lipinski definition) is 5. The summed E-state index contributed by atoms with van der Waals surface area (Å²) in [6.45, 7) is 8.74. The molecule has 43 heavy (non-hydrogen) atoms. The average molecular weight is 610 g/mol. The SMILES string of the molecule is COC(=O)C1=C(C)N=c2s/c(=C\c3c(C)n(Cc4ccccc4Cl)c4ccccc34)c(=O)n2[C@@H]1c1ccc(C(C)C)cc1. The molecule has 0 bridgehead atoms. The van der Waals surface area contributed by atoms with Gasteiger partial charge >= 0.3 is 5.97 Å². The quantitative estimate of drug-likeness (QED) is 0.207. The summed E-state index contributed by atoms with van der Waals surface area (Å²) in [5, 5.41) is 1.76. The van der Waals surface area contributed by atoms with Gasteiger partial charge in [-0.3, -0.25) is 9.36 Å². The van der Waals surface area contributed by atoms with Crippen LogP contribution in [-0.4, -0.2) is 22.2 Å². The average Bonchev–Trinajstić information content (AvgIpc) is 3.45. The fourth-order valence-corrected chi connectivity index (χ4v) is 7.07. The number of thiazole rings is 1. The first kappa shape index (κ1) is 28.9. The topological polar surface area (TPSA) is 65.6 Å². The highest BCUT2D eigenvalue weighted by Gasteiger charge is 2.33. The Hall–Kier alpha value is -4.20. The van der Waals surface area contributed by atoms with E-state index >= 15 is 0 Å². The van der Waals surface area contributed by atoms with E-state index in [0.717, 1.165) is 33.3 Å². The number of carbonyl (C=O) groups excluding carboxylic acids is 1. The molecule has 3 heterocycles. The van der Waals surface area contributed by atoms with E-state index in [9.17, 15) is 9.59 Å². The number of hydrogen-bond donors (Lipinski definition) is 0. The lowest BCUT2D eigenvalue weighted by Gasteiger charge is -2.24. The van der Waals surface area contributed by atoms with Crippen LogP contribution in [0.3, 0.4) is 0 Å². The van der Waals surface area contributed by atoms with Crippen LogP contribution in [0.25, 0.3) is 17.0 Å². The van der Waals surface area contributed by atoms with Gasteiger partial charge in [0.2, 0.25) is 0 Å². The monoisotopic (exact) mass is 609 g/mol. The number of carbonyl (C=O) groups is 1. The van der Waals surface area contributed by atoms with Gasteiger partial charge < -0.3 is 9.30 Å². The van der Waals surface area contributed by atoms with Gasteiger partial charge in [0.25, 0.3) is 5.56 Å². The number of benzene rings is 3. The molecule has 3 aromatic carbocycles. The molecule has 0 saturated carbocycles. The minimum absolute atomic E-state index is 0.196. The van der Waals surface area contributed by atoms with E-state index in [4.69, 9.17) is 21.3 Å². The van der Waals surface area contributed by atoms with Gasteiger partial charge in [-0.2, -0.15) is 0 Å². The number of esters is 1. The molecule has 8 heteroatoms. The summed E-state index contributed by atoms with van der Waals surface area (Å²) >= 11 is 7.86. The van der Waals surface area contributed by atoms with E-state index in [2.05, 4.69) is 49.6 Å². The first-order valence-corrected chi connectivity index (χ1v) is 15.4. The third kappa shape index (κ3) is 5.07. The summed E-state index contributed by atoms with van der Waals surface area (Å²) in [6.07, 6.45) is 1.96. The summed E-state index contributed by atoms with van der Waals surface area (Å²) in [5.41, 5.74) is 6.81. The maximum atomic E-state index is 14.2. The van der Waals surface area contributed by atoms with Crippen molar-refractivity contribution in [2.24, 2.45) is 4.99 Å². The number of para-hydroxylation sites is 1. The Bertz CT molecular complexity index is 2100. The number of nitrogens with zero attached hydrogens (tertiary/aromatic N) is 3. The Morgan fingerprint density at radius 3 is 2.44 bits per heavy atom. The summed E-state index contributed by atoms with van der Waals surface area (Å²) in [6, 6.07) is 23.5. The van der Waals surface area contributed by atoms with Crippen molar-refractivity contribution < 1.29 is 9.53 Å². The standard InChI is InChI=1S/C35H32ClN3O3S/c1-20(2)23-14-16-24(17-15-23)32-31(34(41)42-5)21(3)37-35-39(32)33(40)30(43-35)18-27-22(4)38(29-13-9-7-11-26(27)29)19-25-10-6-8-12-28(25)36/h6-18,20,32H,19H2,1-5H3/b30-18-/t32-/m1/s1. The van der Waals surface area contributed by atoms with Crippen molar-refractivity contribution in [2.75, 3.05) is 7.11 Å². The van der Waals surface area contributed by atoms with Gasteiger partial charge in [-0.05, 0) is 54.7 Å². The number of halogens is 1. The molecule has 0 radical (unpaired) electrons. The first-order valence-electron chi connectivity index (χ1n) is 14.2. The molecule has 2 aromatic heterocycles. The Morgan fingerprint density at radius 2 is 1.74 bits per heavy atom. The molecule has 0 fully saturated rings. The molecule has 5 aromatic rings. The van der Waals surface area contributed by atoms with Crippen molar-refractivity contribution in [1.82, 2.24) is 9.13 Å². The second kappa shape index (κ2) is 11.5. The van der Waals surface area contributed by atoms with Gasteiger partial charge in [-0.15, -0.1) is 0 Å². The van der Waals surface area contributed by atoms with Crippen molar-refractivity contribution in [3.63, 3.8) is 0 Å². The fourth-order valence-electron chi connectivity index (χ4n) is 5.84. The summed E-state index contributed by atoms with van der Waals surface area (Å²) in [4.78, 5) is 32.5. The molecule has 218 valence electrons. The second-order valence-electron chi connectivity index (χ2n) is 11.1. The van der Waals surface area contributed by atoms with Crippen molar-refractivity contribution in [3.8, 4) is 0 Å². The summed E-state index contributed by atoms with van der Waals surface area (Å²) < 4.78 is 9.58. The molecule has 1 aliphatic heterocycles. The number of rotatable bonds is 6. The molecule has 1 atom stereocenters. The number of methoxy groups -OCH3 is 1. The van der Waals surface area contributed by atoms with Crippen LogP contribution in [0.2, 0.25) is 5.02 Å². The summed E-state index contributed by atoms with van der Waals surface area (Å²) in [7, 11) is 1.35. The first-order chi connectivity index (χ1) is 20.7. The summed E-state index contributed by atoms with van der Waals surface area (Å²) in [5.74, 6) is -0.136. The molecule has 0 saturated heterocycles. The molecule has 1 aliphatic rings. The van der Waals surface area contributed by atoms with Gasteiger partial charge in [-0.25, -0.2) is 9.79 Å². The van der Waals surface area contributed by atoms with Crippen molar-refractivity contribution in [1.29, 1.82) is 0 Å². The van der Waals surface area contributed by atoms with Crippen LogP contribution in [0.4, 0.5) is 0 Å². The third-order valence-electron chi connectivity index (χ3n) is 8.19. The van der Waals surface area contributed by atoms with E-state index in [1.807, 2.05) is 54.6 Å². The van der Waals surface area contributed by atoms with E-state index < -0.39 is 12.0 Å². The molecule has 0 spiro atoms. The highest BCUT2D eigenvalue weighted by molar-refractivity contribution is 7.07. The zero-order valence-corrected chi connectivity index (χ0v) is 26.3. The van der Waals surface area contributed by atoms with Crippen molar-refractivity contribution in [3.05, 3.63) is 137 Å². The zero-order chi connectivity index (χ0) is 30.4. The molecular formula is C35H32ClN3O3S. The lowest BCUT2D eigenvalue weighted by Crippen LogP contribution is -2.39. The smallest absolute Gasteiger partial charge is 0.338 e. The molecule has 0 aliphatic carbocycles. The maximum absolute atomic E-state index is 14.2. The minimum Gasteiger partial charge on any atom is -0.466 e. The van der Waals surface area contributed by atoms with Crippen molar-refractivity contribution >= 4 is 45.9 Å². The lowest BCUT2D eigenvalue weighted by molar-refractivity contribution is -0.136. The molecular weight excluding hydrogens is 578 g/mol. The maximum Gasteiger partial charge on any atom is 0.338 e. The van der Waals surface area contributed by atoms with Crippen LogP contribution in [0.1, 0.15) is 60.7 Å². The largest absolute Gasteiger partial charge is 0.466 e. The molecule has 0 amide bonds. The van der Waals surface area contributed by atoms with E-state index in [0.29, 0.717) is 38.1 Å². The third-order valence-corrected chi connectivity index (χ3v) is 9.54. The van der Waals surface area contributed by atoms with Gasteiger partial charge in [0, 0.05) is 33.7 Å². The predicted molar refractivity (Wildman–Crippen MR) is 174 cm³/mol. The molecule has 0 unspecified atom stereocenters. The van der Waals surface area contributed by atoms with E-state index in [-0.39, 0.29) is 5.56 Å². The Kier molecular flexibility index (Phi) is 7.71. The highest BCUT2D eigenvalue weighted by Crippen LogP contribution is 2.32. The van der Waals surface area contributed by atoms with Crippen LogP contribution < -0.4 is 14.9 Å². The minimum atomic E-state index is -0.644. The number of allylic oxidation sites excluding steroid dienone is 1. The number of ether oxygens (including phenoxy) is 1. The highest BCUT2D eigenvalue weighted by atomic mass is 35.5. The Labute approximate surface area is 258 Å². The van der Waals surface area contributed by atoms with Gasteiger partial charge in [0.15, 0.2) is 4.80 Å². The predicted octanol–water partition coefficient (Wildman–Crippen LogP) is 6.50. The van der Waals surface area contributed by atoms with Crippen molar-refractivity contribution in [2.45, 2.75) is 46.2 Å². The normalized spacial score (nSPS) is 15.2. The lowest BCUT2D eigenvalue weighted by atomic mass is 9.93. The fraction of sp³-hybridized carbons (Fsp3) is 0.229. The van der Waals surface area contributed by atoms with E-state index in [1.165, 1.54) is 24.0 Å². The van der Waals surface area contributed by atoms with Crippen LogP contribution in [0.15, 0.2) is 93.9 Å². The molecule has 6 rings (SSSR count). The molecule has 0 N–H and O–H groups in total. The number of fused-ring (bicyclic) bond motifs is 2. The van der Waals surface area contributed by atoms with Gasteiger partial charge in [0.05, 0.1) is 29.0 Å². The zero-order valence-electron chi connectivity index (χ0n) is 24.7. The van der Waals surface area contributed by atoms with Gasteiger partial charge in [0.1, 0.15) is 0 Å². The van der Waals surface area contributed by atoms with E-state index in [1.54, 1.807) is 11.5 Å². The Morgan fingerprint density at radius 1 is 1.05 bits per heavy atom. The van der Waals surface area contributed by atoms with Crippen LogP contribution in [0, 0.1) is 6.92 Å². The second-order valence-corrected chi connectivity index (χ2v) is 12.5. The number of aromatic nitrogens is 2. The van der Waals surface area contributed by atoms with Crippen LogP contribution in [-0.2, 0) is 16.1 Å². The van der Waals surface area contributed by atoms with Gasteiger partial charge in [-0.1, -0.05) is 97.4 Å². The molecule has 6 nitrogen and oxygen atoms in total.